The van der Waals surface area contributed by atoms with Gasteiger partial charge in [0.25, 0.3) is 0 Å². The summed E-state index contributed by atoms with van der Waals surface area (Å²) in [6.07, 6.45) is 1.64. The van der Waals surface area contributed by atoms with Gasteiger partial charge in [0.15, 0.2) is 11.5 Å². The molecule has 0 saturated heterocycles. The number of carbonyl (C=O) groups is 1. The molecule has 1 heterocycles. The minimum Gasteiger partial charge on any atom is -0.490 e. The lowest BCUT2D eigenvalue weighted by atomic mass is 10.2. The van der Waals surface area contributed by atoms with Crippen LogP contribution < -0.4 is 23.8 Å². The maximum Gasteiger partial charge on any atom is 0.245 e. The molecule has 9 heteroatoms. The molecule has 30 heavy (non-hydrogen) atoms. The maximum absolute atomic E-state index is 12.7. The minimum absolute atomic E-state index is 0.149. The fraction of sp³-hybridized carbons (Fsp3) is 0.286. The van der Waals surface area contributed by atoms with Crippen LogP contribution in [0, 0.1) is 0 Å². The van der Waals surface area contributed by atoms with Gasteiger partial charge in [-0.2, -0.15) is 0 Å². The molecule has 2 aromatic rings. The van der Waals surface area contributed by atoms with E-state index in [0.717, 1.165) is 4.31 Å². The Bertz CT molecular complexity index is 1000. The summed E-state index contributed by atoms with van der Waals surface area (Å²) in [5, 5.41) is 2.71. The number of sulfonamides is 1. The van der Waals surface area contributed by atoms with Gasteiger partial charge in [-0.3, -0.25) is 9.10 Å². The number of benzene rings is 2. The Morgan fingerprint density at radius 3 is 2.53 bits per heavy atom. The SMILES string of the molecule is C=CCOc1ccc(NC(=O)CN(c2ccc3c(c2)OCCO3)S(=O)(=O)CC)cc1. The van der Waals surface area contributed by atoms with Crippen molar-refractivity contribution in [1.82, 2.24) is 0 Å². The standard InChI is InChI=1S/C21H24N2O6S/c1-3-11-27-18-8-5-16(6-9-18)22-21(24)15-23(30(25,26)4-2)17-7-10-19-20(14-17)29-13-12-28-19/h3,5-10,14H,1,4,11-13,15H2,2H3,(H,22,24). The van der Waals surface area contributed by atoms with Gasteiger partial charge in [0.2, 0.25) is 15.9 Å². The molecule has 160 valence electrons. The molecule has 0 saturated carbocycles. The molecule has 0 unspecified atom stereocenters. The van der Waals surface area contributed by atoms with Crippen LogP contribution in [0.2, 0.25) is 0 Å². The van der Waals surface area contributed by atoms with Crippen molar-refractivity contribution in [3.05, 3.63) is 55.1 Å². The van der Waals surface area contributed by atoms with Gasteiger partial charge in [-0.25, -0.2) is 8.42 Å². The van der Waals surface area contributed by atoms with E-state index in [1.807, 2.05) is 0 Å². The number of nitrogens with zero attached hydrogens (tertiary/aromatic N) is 1. The second-order valence-corrected chi connectivity index (χ2v) is 8.59. The van der Waals surface area contributed by atoms with E-state index in [4.69, 9.17) is 14.2 Å². The lowest BCUT2D eigenvalue weighted by molar-refractivity contribution is -0.114. The van der Waals surface area contributed by atoms with Crippen molar-refractivity contribution in [2.45, 2.75) is 6.92 Å². The number of ether oxygens (including phenoxy) is 3. The van der Waals surface area contributed by atoms with Gasteiger partial charge < -0.3 is 19.5 Å². The number of nitrogens with one attached hydrogen (secondary N) is 1. The lowest BCUT2D eigenvalue weighted by Gasteiger charge is -2.25. The van der Waals surface area contributed by atoms with Crippen molar-refractivity contribution in [2.24, 2.45) is 0 Å². The molecule has 0 aliphatic carbocycles. The van der Waals surface area contributed by atoms with Crippen LogP contribution >= 0.6 is 0 Å². The van der Waals surface area contributed by atoms with Crippen molar-refractivity contribution in [2.75, 3.05) is 41.7 Å². The third kappa shape index (κ3) is 5.24. The van der Waals surface area contributed by atoms with E-state index >= 15 is 0 Å². The molecule has 0 aromatic heterocycles. The molecule has 1 amide bonds. The Morgan fingerprint density at radius 2 is 1.87 bits per heavy atom. The van der Waals surface area contributed by atoms with Crippen LogP contribution in [-0.2, 0) is 14.8 Å². The molecule has 1 N–H and O–H groups in total. The zero-order valence-corrected chi connectivity index (χ0v) is 17.5. The summed E-state index contributed by atoms with van der Waals surface area (Å²) in [6.45, 7) is 5.94. The van der Waals surface area contributed by atoms with E-state index in [1.54, 1.807) is 48.5 Å². The fourth-order valence-electron chi connectivity index (χ4n) is 2.81. The minimum atomic E-state index is -3.70. The van der Waals surface area contributed by atoms with Gasteiger partial charge >= 0.3 is 0 Å². The first-order chi connectivity index (χ1) is 14.4. The molecular weight excluding hydrogens is 408 g/mol. The normalized spacial score (nSPS) is 12.7. The summed E-state index contributed by atoms with van der Waals surface area (Å²) >= 11 is 0. The van der Waals surface area contributed by atoms with Crippen LogP contribution in [0.4, 0.5) is 11.4 Å². The Hall–Kier alpha value is -3.20. The van der Waals surface area contributed by atoms with Crippen molar-refractivity contribution in [3.63, 3.8) is 0 Å². The highest BCUT2D eigenvalue weighted by molar-refractivity contribution is 7.92. The van der Waals surface area contributed by atoms with Gasteiger partial charge in [-0.05, 0) is 43.3 Å². The molecule has 1 aliphatic heterocycles. The highest BCUT2D eigenvalue weighted by atomic mass is 32.2. The summed E-state index contributed by atoms with van der Waals surface area (Å²) in [4.78, 5) is 12.6. The van der Waals surface area contributed by atoms with Gasteiger partial charge in [0, 0.05) is 11.8 Å². The molecule has 0 radical (unpaired) electrons. The number of carbonyl (C=O) groups excluding carboxylic acids is 1. The molecule has 0 bridgehead atoms. The lowest BCUT2D eigenvalue weighted by Crippen LogP contribution is -2.39. The molecule has 0 atom stereocenters. The molecule has 3 rings (SSSR count). The molecule has 0 fully saturated rings. The van der Waals surface area contributed by atoms with E-state index in [2.05, 4.69) is 11.9 Å². The van der Waals surface area contributed by atoms with Crippen LogP contribution in [0.3, 0.4) is 0 Å². The summed E-state index contributed by atoms with van der Waals surface area (Å²) in [5.74, 6) is 1.01. The largest absolute Gasteiger partial charge is 0.490 e. The molecule has 0 spiro atoms. The zero-order chi connectivity index (χ0) is 21.6. The van der Waals surface area contributed by atoms with Crippen LogP contribution in [0.5, 0.6) is 17.2 Å². The molecule has 2 aromatic carbocycles. The van der Waals surface area contributed by atoms with Crippen LogP contribution in [0.15, 0.2) is 55.1 Å². The van der Waals surface area contributed by atoms with Crippen molar-refractivity contribution >= 4 is 27.3 Å². The summed E-state index contributed by atoms with van der Waals surface area (Å²) in [6, 6.07) is 11.6. The van der Waals surface area contributed by atoms with Gasteiger partial charge in [0.05, 0.1) is 11.4 Å². The average molecular weight is 432 g/mol. The first-order valence-electron chi connectivity index (χ1n) is 9.46. The fourth-order valence-corrected chi connectivity index (χ4v) is 3.87. The summed E-state index contributed by atoms with van der Waals surface area (Å²) < 4.78 is 42.8. The van der Waals surface area contributed by atoms with Gasteiger partial charge in [-0.15, -0.1) is 0 Å². The van der Waals surface area contributed by atoms with Crippen LogP contribution in [-0.4, -0.2) is 46.4 Å². The quantitative estimate of drug-likeness (QED) is 0.613. The van der Waals surface area contributed by atoms with Gasteiger partial charge in [-0.1, -0.05) is 12.7 Å². The van der Waals surface area contributed by atoms with E-state index < -0.39 is 15.9 Å². The van der Waals surface area contributed by atoms with Crippen LogP contribution in [0.25, 0.3) is 0 Å². The molecular formula is C21H24N2O6S. The maximum atomic E-state index is 12.7. The molecule has 1 aliphatic rings. The van der Waals surface area contributed by atoms with Crippen molar-refractivity contribution in [1.29, 1.82) is 0 Å². The van der Waals surface area contributed by atoms with Crippen molar-refractivity contribution < 1.29 is 27.4 Å². The van der Waals surface area contributed by atoms with E-state index in [-0.39, 0.29) is 12.3 Å². The number of hydrogen-bond acceptors (Lipinski definition) is 6. The van der Waals surface area contributed by atoms with Crippen LogP contribution in [0.1, 0.15) is 6.92 Å². The van der Waals surface area contributed by atoms with E-state index in [1.165, 1.54) is 6.92 Å². The highest BCUT2D eigenvalue weighted by Crippen LogP contribution is 2.34. The predicted octanol–water partition coefficient (Wildman–Crippen LogP) is 2.82. The first-order valence-corrected chi connectivity index (χ1v) is 11.1. The average Bonchev–Trinajstić information content (AvgIpc) is 2.76. The number of fused-ring (bicyclic) bond motifs is 1. The Kier molecular flexibility index (Phi) is 6.83. The van der Waals surface area contributed by atoms with E-state index in [0.29, 0.717) is 48.4 Å². The number of anilines is 2. The van der Waals surface area contributed by atoms with Gasteiger partial charge in [0.1, 0.15) is 32.1 Å². The Balaban J connectivity index is 1.75. The number of amides is 1. The topological polar surface area (TPSA) is 94.2 Å². The van der Waals surface area contributed by atoms with Crippen molar-refractivity contribution in [3.8, 4) is 17.2 Å². The molecule has 8 nitrogen and oxygen atoms in total. The first kappa shape index (κ1) is 21.5. The monoisotopic (exact) mass is 432 g/mol. The third-order valence-corrected chi connectivity index (χ3v) is 6.05. The smallest absolute Gasteiger partial charge is 0.245 e. The summed E-state index contributed by atoms with van der Waals surface area (Å²) in [5.41, 5.74) is 0.867. The predicted molar refractivity (Wildman–Crippen MR) is 115 cm³/mol. The number of rotatable bonds is 9. The summed E-state index contributed by atoms with van der Waals surface area (Å²) in [7, 11) is -3.70. The third-order valence-electron chi connectivity index (χ3n) is 4.31. The second-order valence-electron chi connectivity index (χ2n) is 6.41. The second kappa shape index (κ2) is 9.53. The zero-order valence-electron chi connectivity index (χ0n) is 16.7. The number of hydrogen-bond donors (Lipinski definition) is 1. The Labute approximate surface area is 176 Å². The highest BCUT2D eigenvalue weighted by Gasteiger charge is 2.25. The van der Waals surface area contributed by atoms with E-state index in [9.17, 15) is 13.2 Å². The Morgan fingerprint density at radius 1 is 1.17 bits per heavy atom.